The molecule has 1 unspecified atom stereocenters. The number of aliphatic hydroxyl groups is 1. The number of hydrogen-bond acceptors (Lipinski definition) is 6. The van der Waals surface area contributed by atoms with Crippen molar-refractivity contribution in [3.8, 4) is 11.8 Å². The van der Waals surface area contributed by atoms with E-state index < -0.39 is 5.60 Å². The second-order valence-electron chi connectivity index (χ2n) is 10.2. The molecule has 1 aliphatic rings. The van der Waals surface area contributed by atoms with Gasteiger partial charge in [-0.1, -0.05) is 61.2 Å². The number of hydrogen-bond donors (Lipinski definition) is 1. The van der Waals surface area contributed by atoms with Crippen molar-refractivity contribution < 1.29 is 18.7 Å². The molecule has 1 aromatic heterocycles. The summed E-state index contributed by atoms with van der Waals surface area (Å²) in [6, 6.07) is 16.8. The van der Waals surface area contributed by atoms with Gasteiger partial charge >= 0.3 is 0 Å². The van der Waals surface area contributed by atoms with Crippen molar-refractivity contribution in [3.63, 3.8) is 0 Å². The van der Waals surface area contributed by atoms with E-state index in [1.54, 1.807) is 18.2 Å². The second-order valence-corrected chi connectivity index (χ2v) is 10.6. The van der Waals surface area contributed by atoms with E-state index in [9.17, 15) is 5.11 Å². The zero-order valence-corrected chi connectivity index (χ0v) is 21.7. The highest BCUT2D eigenvalue weighted by Crippen LogP contribution is 2.43. The van der Waals surface area contributed by atoms with Crippen molar-refractivity contribution >= 4 is 11.6 Å². The highest BCUT2D eigenvalue weighted by atomic mass is 35.5. The lowest BCUT2D eigenvalue weighted by Crippen LogP contribution is -2.40. The summed E-state index contributed by atoms with van der Waals surface area (Å²) in [6.45, 7) is 1.90. The normalized spacial score (nSPS) is 16.3. The number of quaternary nitrogens is 1. The van der Waals surface area contributed by atoms with E-state index in [4.69, 9.17) is 26.0 Å². The molecule has 8 heteroatoms. The Morgan fingerprint density at radius 3 is 2.58 bits per heavy atom. The average molecular weight is 510 g/mol. The predicted octanol–water partition coefficient (Wildman–Crippen LogP) is 5.46. The fraction of sp³-hybridized carbons (Fsp3) is 0.464. The minimum absolute atomic E-state index is 0.0531. The maximum atomic E-state index is 12.0. The summed E-state index contributed by atoms with van der Waals surface area (Å²) in [5.74, 6) is 1.50. The van der Waals surface area contributed by atoms with Crippen molar-refractivity contribution in [2.45, 2.75) is 50.7 Å². The van der Waals surface area contributed by atoms with Gasteiger partial charge in [0.15, 0.2) is 12.1 Å². The molecule has 1 aliphatic carbocycles. The van der Waals surface area contributed by atoms with Crippen LogP contribution in [0.25, 0.3) is 0 Å². The van der Waals surface area contributed by atoms with Gasteiger partial charge in [0.25, 0.3) is 11.8 Å². The Kier molecular flexibility index (Phi) is 8.30. The number of ether oxygens (including phenoxy) is 1. The van der Waals surface area contributed by atoms with Crippen molar-refractivity contribution in [2.75, 3.05) is 27.2 Å². The first kappa shape index (κ1) is 26.2. The lowest BCUT2D eigenvalue weighted by Gasteiger charge is -2.36. The van der Waals surface area contributed by atoms with Crippen molar-refractivity contribution in [2.24, 2.45) is 5.92 Å². The lowest BCUT2D eigenvalue weighted by molar-refractivity contribution is -0.905. The highest BCUT2D eigenvalue weighted by molar-refractivity contribution is 6.31. The minimum Gasteiger partial charge on any atom is -0.493 e. The Bertz CT molecular complexity index is 1190. The van der Waals surface area contributed by atoms with Gasteiger partial charge in [0.1, 0.15) is 11.8 Å². The molecule has 1 saturated carbocycles. The first-order chi connectivity index (χ1) is 17.3. The fourth-order valence-electron chi connectivity index (χ4n) is 5.02. The van der Waals surface area contributed by atoms with Crippen LogP contribution in [0.15, 0.2) is 52.9 Å². The molecule has 1 fully saturated rings. The van der Waals surface area contributed by atoms with Crippen LogP contribution in [0.3, 0.4) is 0 Å². The van der Waals surface area contributed by atoms with Gasteiger partial charge in [-0.05, 0) is 30.5 Å². The molecule has 0 spiro atoms. The Hall–Kier alpha value is -2.92. The third kappa shape index (κ3) is 6.07. The summed E-state index contributed by atoms with van der Waals surface area (Å²) in [5, 5.41) is 30.0. The minimum atomic E-state index is -1.28. The van der Waals surface area contributed by atoms with E-state index in [1.807, 2.05) is 36.4 Å². The molecular weight excluding hydrogens is 476 g/mol. The van der Waals surface area contributed by atoms with E-state index in [0.717, 1.165) is 44.2 Å². The zero-order chi connectivity index (χ0) is 25.6. The maximum absolute atomic E-state index is 12.0. The van der Waals surface area contributed by atoms with Crippen LogP contribution in [0.2, 0.25) is 5.02 Å². The van der Waals surface area contributed by atoms with Crippen LogP contribution in [0, 0.1) is 17.2 Å². The predicted molar refractivity (Wildman–Crippen MR) is 137 cm³/mol. The molecule has 0 radical (unpaired) electrons. The van der Waals surface area contributed by atoms with Crippen LogP contribution >= 0.6 is 11.6 Å². The van der Waals surface area contributed by atoms with Gasteiger partial charge in [-0.15, -0.1) is 10.2 Å². The SMILES string of the molecule is C[N+](C)(CCCOc1ccc(C#N)c(Cl)c1)Cc1nnc(C(O)(c2ccccc2)C2CCCCC2)o1. The fourth-order valence-corrected chi connectivity index (χ4v) is 5.23. The molecule has 36 heavy (non-hydrogen) atoms. The first-order valence-corrected chi connectivity index (χ1v) is 12.9. The largest absolute Gasteiger partial charge is 0.493 e. The molecule has 3 aromatic rings. The molecule has 190 valence electrons. The van der Waals surface area contributed by atoms with Crippen LogP contribution in [0.1, 0.15) is 61.4 Å². The Balaban J connectivity index is 1.39. The van der Waals surface area contributed by atoms with Crippen molar-refractivity contribution in [3.05, 3.63) is 76.5 Å². The van der Waals surface area contributed by atoms with Gasteiger partial charge in [0.05, 0.1) is 37.8 Å². The average Bonchev–Trinajstić information content (AvgIpc) is 3.35. The summed E-state index contributed by atoms with van der Waals surface area (Å²) in [6.07, 6.45) is 6.08. The smallest absolute Gasteiger partial charge is 0.271 e. The molecule has 1 N–H and O–H groups in total. The van der Waals surface area contributed by atoms with Crippen LogP contribution in [0.5, 0.6) is 5.75 Å². The molecule has 0 aliphatic heterocycles. The third-order valence-corrected chi connectivity index (χ3v) is 7.32. The molecule has 0 bridgehead atoms. The zero-order valence-electron chi connectivity index (χ0n) is 21.0. The lowest BCUT2D eigenvalue weighted by atomic mass is 9.73. The molecule has 1 atom stereocenters. The molecule has 7 nitrogen and oxygen atoms in total. The molecule has 0 amide bonds. The van der Waals surface area contributed by atoms with Crippen LogP contribution in [0.4, 0.5) is 0 Å². The Morgan fingerprint density at radius 1 is 1.14 bits per heavy atom. The Morgan fingerprint density at radius 2 is 1.89 bits per heavy atom. The standard InChI is InChI=1S/C28H34ClN4O3/c1-33(2,16-9-17-35-24-15-14-21(19-30)25(29)18-24)20-26-31-32-27(36-26)28(34,22-10-5-3-6-11-22)23-12-7-4-8-13-23/h3,5-6,10-11,14-15,18,23,34H,4,7-9,12-13,16-17,20H2,1-2H3/q+1. The van der Waals surface area contributed by atoms with E-state index in [1.165, 1.54) is 6.42 Å². The molecule has 4 rings (SSSR count). The van der Waals surface area contributed by atoms with E-state index in [0.29, 0.717) is 39.9 Å². The van der Waals surface area contributed by atoms with Crippen molar-refractivity contribution in [1.29, 1.82) is 5.26 Å². The quantitative estimate of drug-likeness (QED) is 0.288. The Labute approximate surface area is 217 Å². The molecule has 2 aromatic carbocycles. The highest BCUT2D eigenvalue weighted by Gasteiger charge is 2.45. The monoisotopic (exact) mass is 509 g/mol. The van der Waals surface area contributed by atoms with Crippen LogP contribution in [-0.2, 0) is 12.1 Å². The molecule has 1 heterocycles. The molecular formula is C28H34ClN4O3+. The topological polar surface area (TPSA) is 92.2 Å². The summed E-state index contributed by atoms with van der Waals surface area (Å²) in [5.41, 5.74) is -0.0374. The van der Waals surface area contributed by atoms with Gasteiger partial charge in [-0.3, -0.25) is 0 Å². The maximum Gasteiger partial charge on any atom is 0.271 e. The van der Waals surface area contributed by atoms with E-state index >= 15 is 0 Å². The second kappa shape index (κ2) is 11.4. The number of nitrogens with zero attached hydrogens (tertiary/aromatic N) is 4. The van der Waals surface area contributed by atoms with Gasteiger partial charge in [-0.25, -0.2) is 0 Å². The van der Waals surface area contributed by atoms with Gasteiger partial charge in [-0.2, -0.15) is 5.26 Å². The van der Waals surface area contributed by atoms with E-state index in [-0.39, 0.29) is 11.8 Å². The summed E-state index contributed by atoms with van der Waals surface area (Å²) >= 11 is 6.08. The number of halogens is 1. The summed E-state index contributed by atoms with van der Waals surface area (Å²) in [7, 11) is 4.21. The number of nitriles is 1. The summed E-state index contributed by atoms with van der Waals surface area (Å²) in [4.78, 5) is 0. The van der Waals surface area contributed by atoms with Gasteiger partial charge < -0.3 is 18.7 Å². The number of aromatic nitrogens is 2. The van der Waals surface area contributed by atoms with Crippen LogP contribution in [-0.4, -0.2) is 47.0 Å². The number of rotatable bonds is 10. The van der Waals surface area contributed by atoms with Crippen LogP contribution < -0.4 is 4.74 Å². The first-order valence-electron chi connectivity index (χ1n) is 12.6. The summed E-state index contributed by atoms with van der Waals surface area (Å²) < 4.78 is 12.6. The van der Waals surface area contributed by atoms with Gasteiger partial charge in [0.2, 0.25) is 0 Å². The molecule has 0 saturated heterocycles. The third-order valence-electron chi connectivity index (χ3n) is 7.00. The van der Waals surface area contributed by atoms with Crippen molar-refractivity contribution in [1.82, 2.24) is 10.2 Å². The van der Waals surface area contributed by atoms with Gasteiger partial charge in [0, 0.05) is 18.4 Å². The van der Waals surface area contributed by atoms with E-state index in [2.05, 4.69) is 24.3 Å². The number of benzene rings is 2.